The number of hydrogen-bond acceptors (Lipinski definition) is 2. The van der Waals surface area contributed by atoms with Gasteiger partial charge in [-0.05, 0) is 37.5 Å². The van der Waals surface area contributed by atoms with Gasteiger partial charge in [-0.25, -0.2) is 0 Å². The zero-order chi connectivity index (χ0) is 12.0. The molecule has 96 valence electrons. The molecule has 17 heavy (non-hydrogen) atoms. The van der Waals surface area contributed by atoms with Gasteiger partial charge in [0.1, 0.15) is 0 Å². The van der Waals surface area contributed by atoms with Crippen LogP contribution in [-0.2, 0) is 4.79 Å². The third kappa shape index (κ3) is 1.88. The molecule has 0 spiro atoms. The highest BCUT2D eigenvalue weighted by molar-refractivity contribution is 5.80. The molecule has 1 heterocycles. The molecule has 1 N–H and O–H groups in total. The smallest absolute Gasteiger partial charge is 0.226 e. The minimum atomic E-state index is -0.567. The summed E-state index contributed by atoms with van der Waals surface area (Å²) in [6.45, 7) is 3.24. The van der Waals surface area contributed by atoms with Crippen molar-refractivity contribution < 1.29 is 9.90 Å². The van der Waals surface area contributed by atoms with Gasteiger partial charge in [-0.2, -0.15) is 0 Å². The van der Waals surface area contributed by atoms with Gasteiger partial charge in [-0.3, -0.25) is 4.79 Å². The Balaban J connectivity index is 1.55. The molecule has 3 aliphatic rings. The first-order valence-corrected chi connectivity index (χ1v) is 7.12. The monoisotopic (exact) mass is 237 g/mol. The number of carbonyl (C=O) groups is 1. The zero-order valence-corrected chi connectivity index (χ0v) is 10.7. The van der Waals surface area contributed by atoms with Crippen LogP contribution in [0.4, 0.5) is 0 Å². The van der Waals surface area contributed by atoms with Crippen molar-refractivity contribution in [3.8, 4) is 0 Å². The molecule has 3 atom stereocenters. The van der Waals surface area contributed by atoms with Gasteiger partial charge in [-0.15, -0.1) is 0 Å². The Morgan fingerprint density at radius 3 is 2.65 bits per heavy atom. The van der Waals surface area contributed by atoms with Gasteiger partial charge in [0, 0.05) is 5.92 Å². The Hall–Kier alpha value is -0.570. The lowest BCUT2D eigenvalue weighted by Gasteiger charge is -2.48. The molecule has 3 fully saturated rings. The molecule has 1 aliphatic heterocycles. The van der Waals surface area contributed by atoms with Crippen LogP contribution < -0.4 is 0 Å². The number of rotatable bonds is 3. The van der Waals surface area contributed by atoms with Gasteiger partial charge in [0.2, 0.25) is 5.91 Å². The van der Waals surface area contributed by atoms with E-state index in [-0.39, 0.29) is 0 Å². The molecule has 1 amide bonds. The first-order chi connectivity index (χ1) is 8.11. The van der Waals surface area contributed by atoms with Crippen LogP contribution in [0, 0.1) is 17.8 Å². The number of amides is 1. The van der Waals surface area contributed by atoms with E-state index in [0.29, 0.717) is 30.8 Å². The summed E-state index contributed by atoms with van der Waals surface area (Å²) in [6.07, 6.45) is 6.82. The summed E-state index contributed by atoms with van der Waals surface area (Å²) in [5, 5.41) is 10.1. The number of aliphatic hydroxyl groups is 1. The van der Waals surface area contributed by atoms with Crippen molar-refractivity contribution in [2.45, 2.75) is 51.0 Å². The average Bonchev–Trinajstić information content (AvgIpc) is 2.86. The van der Waals surface area contributed by atoms with Crippen molar-refractivity contribution in [3.05, 3.63) is 0 Å². The fourth-order valence-corrected chi connectivity index (χ4v) is 4.23. The number of fused-ring (bicyclic) bond motifs is 2. The number of nitrogens with zero attached hydrogens (tertiary/aromatic N) is 1. The third-order valence-corrected chi connectivity index (χ3v) is 5.05. The number of carbonyl (C=O) groups excluding carboxylic acids is 1. The SMILES string of the molecule is CCCC1(O)CN(C(=O)C2CC3CCC2C3)C1. The fourth-order valence-electron chi connectivity index (χ4n) is 4.23. The maximum absolute atomic E-state index is 12.3. The van der Waals surface area contributed by atoms with Crippen molar-refractivity contribution in [2.24, 2.45) is 17.8 Å². The second-order valence-electron chi connectivity index (χ2n) is 6.45. The van der Waals surface area contributed by atoms with Crippen LogP contribution in [0.2, 0.25) is 0 Å². The highest BCUT2D eigenvalue weighted by Gasteiger charge is 2.49. The van der Waals surface area contributed by atoms with Crippen LogP contribution in [0.1, 0.15) is 45.4 Å². The van der Waals surface area contributed by atoms with Crippen LogP contribution in [0.3, 0.4) is 0 Å². The van der Waals surface area contributed by atoms with Gasteiger partial charge < -0.3 is 10.0 Å². The molecule has 2 saturated carbocycles. The van der Waals surface area contributed by atoms with Crippen LogP contribution in [0.25, 0.3) is 0 Å². The maximum Gasteiger partial charge on any atom is 0.226 e. The fraction of sp³-hybridized carbons (Fsp3) is 0.929. The molecule has 3 nitrogen and oxygen atoms in total. The molecular formula is C14H23NO2. The lowest BCUT2D eigenvalue weighted by Crippen LogP contribution is -2.64. The number of β-amino-alcohol motifs (C(OH)–C–C–N with tert-alkyl or cyclic N) is 1. The first-order valence-electron chi connectivity index (χ1n) is 7.12. The van der Waals surface area contributed by atoms with E-state index < -0.39 is 5.60 Å². The van der Waals surface area contributed by atoms with Crippen LogP contribution in [0.15, 0.2) is 0 Å². The largest absolute Gasteiger partial charge is 0.386 e. The van der Waals surface area contributed by atoms with E-state index in [9.17, 15) is 9.90 Å². The van der Waals surface area contributed by atoms with Crippen molar-refractivity contribution in [1.82, 2.24) is 4.90 Å². The van der Waals surface area contributed by atoms with Gasteiger partial charge in [0.15, 0.2) is 0 Å². The maximum atomic E-state index is 12.3. The highest BCUT2D eigenvalue weighted by Crippen LogP contribution is 2.49. The molecule has 2 bridgehead atoms. The standard InChI is InChI=1S/C14H23NO2/c1-2-5-14(17)8-15(9-14)13(16)12-7-10-3-4-11(12)6-10/h10-12,17H,2-9H2,1H3. The molecule has 0 aromatic carbocycles. The zero-order valence-electron chi connectivity index (χ0n) is 10.7. The molecular weight excluding hydrogens is 214 g/mol. The topological polar surface area (TPSA) is 40.5 Å². The van der Waals surface area contributed by atoms with Gasteiger partial charge in [-0.1, -0.05) is 19.8 Å². The lowest BCUT2D eigenvalue weighted by atomic mass is 9.83. The van der Waals surface area contributed by atoms with Gasteiger partial charge >= 0.3 is 0 Å². The molecule has 0 aromatic rings. The third-order valence-electron chi connectivity index (χ3n) is 5.05. The Labute approximate surface area is 103 Å². The number of hydrogen-bond donors (Lipinski definition) is 1. The van der Waals surface area contributed by atoms with Crippen molar-refractivity contribution in [1.29, 1.82) is 0 Å². The molecule has 2 aliphatic carbocycles. The average molecular weight is 237 g/mol. The molecule has 1 saturated heterocycles. The quantitative estimate of drug-likeness (QED) is 0.813. The number of likely N-dealkylation sites (tertiary alicyclic amines) is 1. The van der Waals surface area contributed by atoms with Crippen molar-refractivity contribution >= 4 is 5.91 Å². The normalized spacial score (nSPS) is 38.2. The summed E-state index contributed by atoms with van der Waals surface area (Å²) < 4.78 is 0. The first kappa shape index (κ1) is 11.5. The summed E-state index contributed by atoms with van der Waals surface area (Å²) in [6, 6.07) is 0. The Morgan fingerprint density at radius 1 is 1.35 bits per heavy atom. The van der Waals surface area contributed by atoms with E-state index in [1.807, 2.05) is 4.90 Å². The minimum Gasteiger partial charge on any atom is -0.386 e. The van der Waals surface area contributed by atoms with Gasteiger partial charge in [0.05, 0.1) is 18.7 Å². The molecule has 0 radical (unpaired) electrons. The summed E-state index contributed by atoms with van der Waals surface area (Å²) in [4.78, 5) is 14.2. The van der Waals surface area contributed by atoms with E-state index in [1.54, 1.807) is 0 Å². The molecule has 3 unspecified atom stereocenters. The Bertz CT molecular complexity index is 322. The van der Waals surface area contributed by atoms with Crippen LogP contribution in [0.5, 0.6) is 0 Å². The lowest BCUT2D eigenvalue weighted by molar-refractivity contribution is -0.162. The summed E-state index contributed by atoms with van der Waals surface area (Å²) in [5.41, 5.74) is -0.567. The van der Waals surface area contributed by atoms with E-state index in [4.69, 9.17) is 0 Å². The second-order valence-corrected chi connectivity index (χ2v) is 6.45. The van der Waals surface area contributed by atoms with Crippen LogP contribution >= 0.6 is 0 Å². The Kier molecular flexibility index (Phi) is 2.69. The van der Waals surface area contributed by atoms with Crippen molar-refractivity contribution in [2.75, 3.05) is 13.1 Å². The minimum absolute atomic E-state index is 0.292. The summed E-state index contributed by atoms with van der Waals surface area (Å²) in [7, 11) is 0. The van der Waals surface area contributed by atoms with E-state index in [1.165, 1.54) is 19.3 Å². The summed E-state index contributed by atoms with van der Waals surface area (Å²) in [5.74, 6) is 2.11. The van der Waals surface area contributed by atoms with E-state index in [0.717, 1.165) is 25.2 Å². The highest BCUT2D eigenvalue weighted by atomic mass is 16.3. The molecule has 3 rings (SSSR count). The predicted molar refractivity (Wildman–Crippen MR) is 65.4 cm³/mol. The van der Waals surface area contributed by atoms with Crippen molar-refractivity contribution in [3.63, 3.8) is 0 Å². The van der Waals surface area contributed by atoms with E-state index >= 15 is 0 Å². The second kappa shape index (κ2) is 3.98. The van der Waals surface area contributed by atoms with E-state index in [2.05, 4.69) is 6.92 Å². The molecule has 0 aromatic heterocycles. The predicted octanol–water partition coefficient (Wildman–Crippen LogP) is 1.80. The van der Waals surface area contributed by atoms with Gasteiger partial charge in [0.25, 0.3) is 0 Å². The Morgan fingerprint density at radius 2 is 2.12 bits per heavy atom. The van der Waals surface area contributed by atoms with Crippen LogP contribution in [-0.4, -0.2) is 34.6 Å². The molecule has 3 heteroatoms. The summed E-state index contributed by atoms with van der Waals surface area (Å²) >= 11 is 0.